The summed E-state index contributed by atoms with van der Waals surface area (Å²) in [5.41, 5.74) is 0.463. The van der Waals surface area contributed by atoms with Crippen molar-refractivity contribution in [3.05, 3.63) is 42.1 Å². The van der Waals surface area contributed by atoms with Gasteiger partial charge in [0.15, 0.2) is 12.3 Å². The number of carbonyl (C=O) groups is 6. The average Bonchev–Trinajstić information content (AvgIpc) is 3.76. The van der Waals surface area contributed by atoms with Crippen LogP contribution in [0.25, 0.3) is 5.69 Å². The minimum atomic E-state index is -1.14. The summed E-state index contributed by atoms with van der Waals surface area (Å²) in [6, 6.07) is 8.70. The number of nitrogens with zero attached hydrogens (tertiary/aromatic N) is 5. The molecule has 5 rings (SSSR count). The van der Waals surface area contributed by atoms with Gasteiger partial charge in [-0.25, -0.2) is 9.48 Å². The lowest BCUT2D eigenvalue weighted by molar-refractivity contribution is -0.157. The van der Waals surface area contributed by atoms with Crippen molar-refractivity contribution in [1.82, 2.24) is 40.6 Å². The summed E-state index contributed by atoms with van der Waals surface area (Å²) in [5.74, 6) is -1.96. The lowest BCUT2D eigenvalue weighted by Gasteiger charge is -2.35. The first-order valence-corrected chi connectivity index (χ1v) is 16.9. The van der Waals surface area contributed by atoms with Crippen LogP contribution in [0, 0.1) is 0 Å². The average molecular weight is 697 g/mol. The van der Waals surface area contributed by atoms with E-state index in [2.05, 4.69) is 21.0 Å². The van der Waals surface area contributed by atoms with Gasteiger partial charge in [-0.2, -0.15) is 5.10 Å². The number of nitrogens with one attached hydrogen (secondary N) is 3. The summed E-state index contributed by atoms with van der Waals surface area (Å²) in [6.07, 6.45) is 3.42. The van der Waals surface area contributed by atoms with Crippen LogP contribution >= 0.6 is 0 Å². The molecule has 2 atom stereocenters. The van der Waals surface area contributed by atoms with Crippen molar-refractivity contribution in [1.29, 1.82) is 0 Å². The Kier molecular flexibility index (Phi) is 12.2. The van der Waals surface area contributed by atoms with E-state index in [9.17, 15) is 28.8 Å². The molecule has 1 saturated carbocycles. The molecule has 270 valence electrons. The van der Waals surface area contributed by atoms with Gasteiger partial charge >= 0.3 is 6.16 Å². The minimum absolute atomic E-state index is 0.0940. The van der Waals surface area contributed by atoms with E-state index in [1.807, 2.05) is 6.07 Å². The van der Waals surface area contributed by atoms with Crippen molar-refractivity contribution in [2.24, 2.45) is 0 Å². The lowest BCUT2D eigenvalue weighted by Crippen LogP contribution is -2.57. The van der Waals surface area contributed by atoms with Crippen molar-refractivity contribution in [2.75, 3.05) is 52.5 Å². The third kappa shape index (κ3) is 9.28. The maximum absolute atomic E-state index is 13.6. The molecule has 3 heterocycles. The first-order chi connectivity index (χ1) is 24.1. The van der Waals surface area contributed by atoms with Gasteiger partial charge in [-0.15, -0.1) is 5.06 Å². The van der Waals surface area contributed by atoms with Crippen LogP contribution in [-0.4, -0.2) is 131 Å². The smallest absolute Gasteiger partial charge is 0.467 e. The second kappa shape index (κ2) is 17.0. The number of hydroxylamine groups is 2. The van der Waals surface area contributed by atoms with E-state index in [1.165, 1.54) is 32.5 Å². The molecule has 2 saturated heterocycles. The zero-order valence-electron chi connectivity index (χ0n) is 28.3. The molecular formula is C33H44N8O9. The van der Waals surface area contributed by atoms with Crippen molar-refractivity contribution in [2.45, 2.75) is 64.1 Å². The lowest BCUT2D eigenvalue weighted by atomic mass is 9.93. The molecule has 0 radical (unpaired) electrons. The standard InChI is InChI=1S/C33H44N8O9/c1-3-48-33(47)50-39-17-15-38(16-18-39)32(46)26(20-34-22(2)42)36-30(44)25-19-29(41(37-25)24-11-5-4-6-12-24)49-21-28(43)40-14-8-13-27(40)31(45)35-23-9-7-10-23/h4-6,11-12,19,23,26-27H,3,7-10,13-18,20-21H2,1-2H3,(H,34,42)(H,35,45)(H,36,44)/t26-,27-/m0/s1. The number of benzene rings is 1. The van der Waals surface area contributed by atoms with E-state index in [-0.39, 0.29) is 81.3 Å². The van der Waals surface area contributed by atoms with E-state index in [0.717, 1.165) is 19.3 Å². The van der Waals surface area contributed by atoms with E-state index in [1.54, 1.807) is 31.2 Å². The van der Waals surface area contributed by atoms with Gasteiger partial charge in [0.1, 0.15) is 12.1 Å². The maximum atomic E-state index is 13.6. The normalized spacial score (nSPS) is 18.4. The summed E-state index contributed by atoms with van der Waals surface area (Å²) in [5, 5.41) is 14.1. The number of amides is 5. The zero-order valence-corrected chi connectivity index (χ0v) is 28.3. The number of hydrogen-bond donors (Lipinski definition) is 3. The number of rotatable bonds is 13. The molecule has 1 aromatic heterocycles. The molecule has 50 heavy (non-hydrogen) atoms. The molecule has 0 bridgehead atoms. The zero-order chi connectivity index (χ0) is 35.6. The molecule has 2 aromatic rings. The van der Waals surface area contributed by atoms with Crippen LogP contribution in [0.2, 0.25) is 0 Å². The molecule has 1 aromatic carbocycles. The summed E-state index contributed by atoms with van der Waals surface area (Å²) in [6.45, 7) is 3.82. The van der Waals surface area contributed by atoms with E-state index >= 15 is 0 Å². The van der Waals surface area contributed by atoms with E-state index in [0.29, 0.717) is 25.1 Å². The third-order valence-electron chi connectivity index (χ3n) is 8.76. The molecule has 3 aliphatic rings. The molecule has 2 aliphatic heterocycles. The molecule has 0 unspecified atom stereocenters. The quantitative estimate of drug-likeness (QED) is 0.245. The van der Waals surface area contributed by atoms with Crippen molar-refractivity contribution in [3.8, 4) is 11.6 Å². The molecule has 17 heteroatoms. The minimum Gasteiger partial charge on any atom is -0.467 e. The molecule has 1 aliphatic carbocycles. The Balaban J connectivity index is 1.26. The SMILES string of the molecule is CCOC(=O)ON1CCN(C(=O)[C@H](CNC(C)=O)NC(=O)c2cc(OCC(=O)N3CCC[C@H]3C(=O)NC3CCC3)n(-c3ccccc3)n2)CC1. The Morgan fingerprint density at radius 2 is 1.70 bits per heavy atom. The van der Waals surface area contributed by atoms with Crippen LogP contribution in [0.15, 0.2) is 36.4 Å². The number of ether oxygens (including phenoxy) is 2. The first kappa shape index (κ1) is 36.1. The number of para-hydroxylation sites is 1. The van der Waals surface area contributed by atoms with E-state index in [4.69, 9.17) is 14.3 Å². The highest BCUT2D eigenvalue weighted by Gasteiger charge is 2.36. The monoisotopic (exact) mass is 696 g/mol. The largest absolute Gasteiger partial charge is 0.527 e. The fourth-order valence-corrected chi connectivity index (χ4v) is 5.89. The van der Waals surface area contributed by atoms with Gasteiger partial charge in [0.05, 0.1) is 25.4 Å². The molecule has 3 N–H and O–H groups in total. The summed E-state index contributed by atoms with van der Waals surface area (Å²) in [4.78, 5) is 84.9. The molecule has 17 nitrogen and oxygen atoms in total. The van der Waals surface area contributed by atoms with Gasteiger partial charge in [-0.1, -0.05) is 18.2 Å². The van der Waals surface area contributed by atoms with Gasteiger partial charge in [0.2, 0.25) is 23.6 Å². The van der Waals surface area contributed by atoms with Gasteiger partial charge in [-0.3, -0.25) is 24.0 Å². The third-order valence-corrected chi connectivity index (χ3v) is 8.76. The van der Waals surface area contributed by atoms with E-state index < -0.39 is 30.1 Å². The Hall–Kier alpha value is -5.19. The summed E-state index contributed by atoms with van der Waals surface area (Å²) >= 11 is 0. The van der Waals surface area contributed by atoms with Crippen LogP contribution in [0.4, 0.5) is 4.79 Å². The van der Waals surface area contributed by atoms with Gasteiger partial charge in [0.25, 0.3) is 11.8 Å². The van der Waals surface area contributed by atoms with Crippen molar-refractivity contribution >= 4 is 35.7 Å². The fourth-order valence-electron chi connectivity index (χ4n) is 5.89. The first-order valence-electron chi connectivity index (χ1n) is 16.9. The molecule has 5 amide bonds. The number of hydrogen-bond acceptors (Lipinski definition) is 11. The van der Waals surface area contributed by atoms with Gasteiger partial charge in [-0.05, 0) is 51.2 Å². The summed E-state index contributed by atoms with van der Waals surface area (Å²) in [7, 11) is 0. The molecule has 3 fully saturated rings. The van der Waals surface area contributed by atoms with Crippen molar-refractivity contribution < 1.29 is 43.1 Å². The number of carbonyl (C=O) groups excluding carboxylic acids is 6. The second-order valence-corrected chi connectivity index (χ2v) is 12.3. The predicted molar refractivity (Wildman–Crippen MR) is 176 cm³/mol. The van der Waals surface area contributed by atoms with Crippen LogP contribution in [0.5, 0.6) is 5.88 Å². The maximum Gasteiger partial charge on any atom is 0.527 e. The van der Waals surface area contributed by atoms with Crippen LogP contribution in [-0.2, 0) is 28.8 Å². The Bertz CT molecular complexity index is 1540. The number of piperazine rings is 1. The van der Waals surface area contributed by atoms with Crippen molar-refractivity contribution in [3.63, 3.8) is 0 Å². The van der Waals surface area contributed by atoms with Crippen LogP contribution in [0.1, 0.15) is 56.4 Å². The Morgan fingerprint density at radius 3 is 2.36 bits per heavy atom. The topological polar surface area (TPSA) is 194 Å². The fraction of sp³-hybridized carbons (Fsp3) is 0.545. The Labute approximate surface area is 289 Å². The highest BCUT2D eigenvalue weighted by molar-refractivity contribution is 5.97. The Morgan fingerprint density at radius 1 is 0.960 bits per heavy atom. The molecular weight excluding hydrogens is 652 g/mol. The van der Waals surface area contributed by atoms with Gasteiger partial charge < -0.3 is 40.1 Å². The van der Waals surface area contributed by atoms with Gasteiger partial charge in [0, 0.05) is 45.2 Å². The number of aromatic nitrogens is 2. The predicted octanol–water partition coefficient (Wildman–Crippen LogP) is 0.378. The summed E-state index contributed by atoms with van der Waals surface area (Å²) < 4.78 is 12.1. The molecule has 0 spiro atoms. The highest BCUT2D eigenvalue weighted by atomic mass is 16.8. The number of likely N-dealkylation sites (tertiary alicyclic amines) is 1. The highest BCUT2D eigenvalue weighted by Crippen LogP contribution is 2.23. The van der Waals surface area contributed by atoms with Crippen LogP contribution < -0.4 is 20.7 Å². The second-order valence-electron chi connectivity index (χ2n) is 12.3. The van der Waals surface area contributed by atoms with Crippen LogP contribution in [0.3, 0.4) is 0 Å².